The van der Waals surface area contributed by atoms with Crippen LogP contribution in [0.25, 0.3) is 0 Å². The molecule has 1 rings (SSSR count). The van der Waals surface area contributed by atoms with Crippen LogP contribution in [0.1, 0.15) is 68.2 Å². The maximum Gasteiger partial charge on any atom is 0.0706 e. The maximum atomic E-state index is 6.81. The normalized spacial score (nSPS) is 30.7. The summed E-state index contributed by atoms with van der Waals surface area (Å²) in [7, 11) is -0.977. The van der Waals surface area contributed by atoms with Gasteiger partial charge in [0.1, 0.15) is 0 Å². The van der Waals surface area contributed by atoms with Crippen LogP contribution < -0.4 is 0 Å². The molecule has 0 aliphatic heterocycles. The summed E-state index contributed by atoms with van der Waals surface area (Å²) in [6, 6.07) is 0. The van der Waals surface area contributed by atoms with E-state index in [1.54, 1.807) is 0 Å². The quantitative estimate of drug-likeness (QED) is 0.654. The Morgan fingerprint density at radius 3 is 1.39 bits per heavy atom. The fraction of sp³-hybridized carbons (Fsp3) is 1.00. The Morgan fingerprint density at radius 1 is 0.778 bits per heavy atom. The molecule has 1 fully saturated rings. The van der Waals surface area contributed by atoms with Crippen molar-refractivity contribution in [3.63, 3.8) is 0 Å². The molecule has 0 aromatic rings. The van der Waals surface area contributed by atoms with Crippen LogP contribution in [-0.2, 0) is 4.18 Å². The van der Waals surface area contributed by atoms with Crippen molar-refractivity contribution in [3.05, 3.63) is 0 Å². The molecule has 1 nitrogen and oxygen atoms in total. The first-order chi connectivity index (χ1) is 8.21. The summed E-state index contributed by atoms with van der Waals surface area (Å²) in [6.45, 7) is 18.9. The maximum absolute atomic E-state index is 6.81. The van der Waals surface area contributed by atoms with Crippen LogP contribution in [0.4, 0.5) is 0 Å². The zero-order valence-corrected chi connectivity index (χ0v) is 14.5. The van der Waals surface area contributed by atoms with Gasteiger partial charge in [0.15, 0.2) is 0 Å². The first-order valence-electron chi connectivity index (χ1n) is 7.69. The minimum atomic E-state index is -0.977. The number of rotatable bonds is 5. The van der Waals surface area contributed by atoms with Crippen LogP contribution >= 0.6 is 10.3 Å². The molecule has 2 atom stereocenters. The van der Waals surface area contributed by atoms with Crippen LogP contribution in [0.15, 0.2) is 0 Å². The van der Waals surface area contributed by atoms with Crippen LogP contribution in [0, 0.1) is 11.8 Å². The molecule has 0 amide bonds. The van der Waals surface area contributed by atoms with Gasteiger partial charge in [-0.05, 0) is 24.7 Å². The van der Waals surface area contributed by atoms with E-state index in [4.69, 9.17) is 4.18 Å². The zero-order valence-electron chi connectivity index (χ0n) is 13.7. The third kappa shape index (κ3) is 3.07. The van der Waals surface area contributed by atoms with Crippen LogP contribution in [0.2, 0.25) is 0 Å². The lowest BCUT2D eigenvalue weighted by atomic mass is 10.0. The standard InChI is InChI=1S/C16H34OS/c1-11(2)18(12(3)4,13(5)6)17-16-9-14(7)15(8)10-16/h11-16H,9-10H2,1-8H3. The third-order valence-corrected chi connectivity index (χ3v) is 9.78. The summed E-state index contributed by atoms with van der Waals surface area (Å²) >= 11 is 0. The van der Waals surface area contributed by atoms with Gasteiger partial charge in [-0.15, -0.1) is 10.3 Å². The fourth-order valence-corrected chi connectivity index (χ4v) is 8.23. The molecular weight excluding hydrogens is 240 g/mol. The van der Waals surface area contributed by atoms with E-state index in [-0.39, 0.29) is 0 Å². The van der Waals surface area contributed by atoms with Crippen LogP contribution in [-0.4, -0.2) is 21.9 Å². The molecule has 0 aromatic carbocycles. The van der Waals surface area contributed by atoms with E-state index in [1.165, 1.54) is 12.8 Å². The molecule has 0 saturated heterocycles. The van der Waals surface area contributed by atoms with E-state index < -0.39 is 10.3 Å². The van der Waals surface area contributed by atoms with Gasteiger partial charge in [0.2, 0.25) is 0 Å². The molecule has 110 valence electrons. The van der Waals surface area contributed by atoms with Crippen LogP contribution in [0.5, 0.6) is 0 Å². The summed E-state index contributed by atoms with van der Waals surface area (Å²) in [4.78, 5) is 0. The van der Waals surface area contributed by atoms with Crippen molar-refractivity contribution in [3.8, 4) is 0 Å². The fourth-order valence-electron chi connectivity index (χ4n) is 3.67. The average molecular weight is 275 g/mol. The Hall–Kier alpha value is 0.310. The number of hydrogen-bond donors (Lipinski definition) is 0. The summed E-state index contributed by atoms with van der Waals surface area (Å²) < 4.78 is 6.81. The second-order valence-corrected chi connectivity index (χ2v) is 11.4. The van der Waals surface area contributed by atoms with Crippen molar-refractivity contribution in [1.82, 2.24) is 0 Å². The molecule has 1 saturated carbocycles. The summed E-state index contributed by atoms with van der Waals surface area (Å²) in [5.41, 5.74) is 0. The first-order valence-corrected chi connectivity index (χ1v) is 9.44. The van der Waals surface area contributed by atoms with Gasteiger partial charge in [0.05, 0.1) is 6.10 Å². The highest BCUT2D eigenvalue weighted by atomic mass is 32.3. The van der Waals surface area contributed by atoms with Gasteiger partial charge < -0.3 is 4.18 Å². The molecule has 0 spiro atoms. The minimum Gasteiger partial charge on any atom is -0.333 e. The van der Waals surface area contributed by atoms with Crippen molar-refractivity contribution >= 4 is 10.3 Å². The topological polar surface area (TPSA) is 9.23 Å². The predicted molar refractivity (Wildman–Crippen MR) is 85.4 cm³/mol. The molecular formula is C16H34OS. The number of hydrogen-bond acceptors (Lipinski definition) is 1. The lowest BCUT2D eigenvalue weighted by Crippen LogP contribution is -2.33. The van der Waals surface area contributed by atoms with E-state index in [2.05, 4.69) is 55.4 Å². The molecule has 18 heavy (non-hydrogen) atoms. The molecule has 0 aromatic heterocycles. The molecule has 1 aliphatic carbocycles. The minimum absolute atomic E-state index is 0.511. The van der Waals surface area contributed by atoms with Crippen LogP contribution in [0.3, 0.4) is 0 Å². The average Bonchev–Trinajstić information content (AvgIpc) is 2.53. The lowest BCUT2D eigenvalue weighted by Gasteiger charge is -2.51. The Kier molecular flexibility index (Phi) is 5.61. The smallest absolute Gasteiger partial charge is 0.0706 e. The van der Waals surface area contributed by atoms with E-state index >= 15 is 0 Å². The summed E-state index contributed by atoms with van der Waals surface area (Å²) in [5, 5.41) is 1.97. The van der Waals surface area contributed by atoms with Gasteiger partial charge in [-0.2, -0.15) is 0 Å². The summed E-state index contributed by atoms with van der Waals surface area (Å²) in [5.74, 6) is 1.66. The SMILES string of the molecule is CC1CC(OS(C(C)C)(C(C)C)C(C)C)CC1C. The third-order valence-electron chi connectivity index (χ3n) is 4.75. The lowest BCUT2D eigenvalue weighted by molar-refractivity contribution is 0.223. The van der Waals surface area contributed by atoms with E-state index in [9.17, 15) is 0 Å². The van der Waals surface area contributed by atoms with Gasteiger partial charge in [-0.1, -0.05) is 55.4 Å². The highest BCUT2D eigenvalue weighted by Crippen LogP contribution is 2.63. The Balaban J connectivity index is 2.86. The molecule has 2 heteroatoms. The largest absolute Gasteiger partial charge is 0.333 e. The Labute approximate surface area is 117 Å². The molecule has 1 aliphatic rings. The van der Waals surface area contributed by atoms with Crippen molar-refractivity contribution < 1.29 is 4.18 Å². The Morgan fingerprint density at radius 2 is 1.11 bits per heavy atom. The van der Waals surface area contributed by atoms with Gasteiger partial charge in [0.25, 0.3) is 0 Å². The van der Waals surface area contributed by atoms with Gasteiger partial charge in [0, 0.05) is 15.7 Å². The molecule has 0 heterocycles. The van der Waals surface area contributed by atoms with Crippen molar-refractivity contribution in [2.75, 3.05) is 0 Å². The molecule has 0 N–H and O–H groups in total. The molecule has 0 bridgehead atoms. The second-order valence-electron chi connectivity index (χ2n) is 6.99. The summed E-state index contributed by atoms with van der Waals surface area (Å²) in [6.07, 6.45) is 3.04. The van der Waals surface area contributed by atoms with Crippen molar-refractivity contribution in [1.29, 1.82) is 0 Å². The highest BCUT2D eigenvalue weighted by molar-refractivity contribution is 8.31. The van der Waals surface area contributed by atoms with Gasteiger partial charge >= 0.3 is 0 Å². The molecule has 0 radical (unpaired) electrons. The second kappa shape index (κ2) is 6.17. The Bertz CT molecular complexity index is 228. The van der Waals surface area contributed by atoms with Crippen molar-refractivity contribution in [2.24, 2.45) is 11.8 Å². The van der Waals surface area contributed by atoms with Crippen molar-refractivity contribution in [2.45, 2.75) is 90.1 Å². The van der Waals surface area contributed by atoms with E-state index in [0.29, 0.717) is 21.9 Å². The van der Waals surface area contributed by atoms with Gasteiger partial charge in [-0.3, -0.25) is 0 Å². The predicted octanol–water partition coefficient (Wildman–Crippen LogP) is 5.38. The first kappa shape index (κ1) is 16.4. The van der Waals surface area contributed by atoms with Gasteiger partial charge in [-0.25, -0.2) is 0 Å². The molecule has 2 unspecified atom stereocenters. The zero-order chi connectivity index (χ0) is 14.1. The van der Waals surface area contributed by atoms with E-state index in [1.807, 2.05) is 0 Å². The highest BCUT2D eigenvalue weighted by Gasteiger charge is 2.40. The monoisotopic (exact) mass is 274 g/mol. The van der Waals surface area contributed by atoms with E-state index in [0.717, 1.165) is 11.8 Å².